The van der Waals surface area contributed by atoms with Gasteiger partial charge in [0.05, 0.1) is 5.69 Å². The molecule has 1 aromatic heterocycles. The van der Waals surface area contributed by atoms with Gasteiger partial charge in [0.2, 0.25) is 0 Å². The van der Waals surface area contributed by atoms with Crippen molar-refractivity contribution < 1.29 is 4.52 Å². The van der Waals surface area contributed by atoms with E-state index in [9.17, 15) is 0 Å². The SMILES string of the molecule is CC(C)c1cc(CN(C)CC2CCN(C)C2(C)C)no1. The van der Waals surface area contributed by atoms with E-state index in [4.69, 9.17) is 4.52 Å². The molecule has 1 atom stereocenters. The van der Waals surface area contributed by atoms with Gasteiger partial charge in [-0.3, -0.25) is 0 Å². The summed E-state index contributed by atoms with van der Waals surface area (Å²) >= 11 is 0. The molecule has 4 heteroatoms. The molecular formula is C16H29N3O. The average molecular weight is 279 g/mol. The first-order valence-electron chi connectivity index (χ1n) is 7.66. The minimum absolute atomic E-state index is 0.293. The van der Waals surface area contributed by atoms with Crippen molar-refractivity contribution in [3.63, 3.8) is 0 Å². The Bertz CT molecular complexity index is 439. The van der Waals surface area contributed by atoms with Gasteiger partial charge in [0.1, 0.15) is 5.76 Å². The monoisotopic (exact) mass is 279 g/mol. The van der Waals surface area contributed by atoms with E-state index >= 15 is 0 Å². The molecule has 0 spiro atoms. The number of hydrogen-bond acceptors (Lipinski definition) is 4. The molecule has 0 N–H and O–H groups in total. The molecular weight excluding hydrogens is 250 g/mol. The summed E-state index contributed by atoms with van der Waals surface area (Å²) in [6.07, 6.45) is 1.28. The first-order chi connectivity index (χ1) is 9.30. The Hall–Kier alpha value is -0.870. The van der Waals surface area contributed by atoms with Crippen LogP contribution in [-0.2, 0) is 6.54 Å². The zero-order chi connectivity index (χ0) is 14.9. The Morgan fingerprint density at radius 3 is 2.70 bits per heavy atom. The van der Waals surface area contributed by atoms with Crippen LogP contribution in [0, 0.1) is 5.92 Å². The third-order valence-electron chi connectivity index (χ3n) is 4.91. The minimum Gasteiger partial charge on any atom is -0.361 e. The molecule has 0 aliphatic carbocycles. The van der Waals surface area contributed by atoms with Gasteiger partial charge < -0.3 is 14.3 Å². The van der Waals surface area contributed by atoms with Crippen LogP contribution in [0.1, 0.15) is 51.5 Å². The normalized spacial score (nSPS) is 23.1. The topological polar surface area (TPSA) is 32.5 Å². The highest BCUT2D eigenvalue weighted by Crippen LogP contribution is 2.33. The molecule has 0 aromatic carbocycles. The molecule has 1 saturated heterocycles. The van der Waals surface area contributed by atoms with Crippen molar-refractivity contribution in [2.45, 2.75) is 52.1 Å². The van der Waals surface area contributed by atoms with Crippen LogP contribution in [-0.4, -0.2) is 47.7 Å². The average Bonchev–Trinajstić information content (AvgIpc) is 2.90. The second-order valence-corrected chi connectivity index (χ2v) is 7.13. The van der Waals surface area contributed by atoms with Gasteiger partial charge in [-0.25, -0.2) is 0 Å². The van der Waals surface area contributed by atoms with E-state index in [0.29, 0.717) is 17.4 Å². The van der Waals surface area contributed by atoms with E-state index in [1.54, 1.807) is 0 Å². The van der Waals surface area contributed by atoms with Crippen molar-refractivity contribution in [1.29, 1.82) is 0 Å². The summed E-state index contributed by atoms with van der Waals surface area (Å²) < 4.78 is 5.37. The smallest absolute Gasteiger partial charge is 0.139 e. The van der Waals surface area contributed by atoms with Crippen LogP contribution in [0.25, 0.3) is 0 Å². The standard InChI is InChI=1S/C16H29N3O/c1-12(2)15-9-14(17-20-15)11-18(5)10-13-7-8-19(6)16(13,3)4/h9,12-13H,7-8,10-11H2,1-6H3. The zero-order valence-corrected chi connectivity index (χ0v) is 13.8. The molecule has 1 unspecified atom stereocenters. The van der Waals surface area contributed by atoms with Crippen molar-refractivity contribution >= 4 is 0 Å². The summed E-state index contributed by atoms with van der Waals surface area (Å²) in [5, 5.41) is 4.18. The van der Waals surface area contributed by atoms with Gasteiger partial charge in [0, 0.05) is 30.6 Å². The molecule has 4 nitrogen and oxygen atoms in total. The minimum atomic E-state index is 0.293. The van der Waals surface area contributed by atoms with E-state index in [-0.39, 0.29) is 0 Å². The second-order valence-electron chi connectivity index (χ2n) is 7.13. The lowest BCUT2D eigenvalue weighted by atomic mass is 9.88. The van der Waals surface area contributed by atoms with E-state index in [1.807, 2.05) is 0 Å². The molecule has 0 bridgehead atoms. The van der Waals surface area contributed by atoms with E-state index in [2.05, 4.69) is 62.8 Å². The molecule has 114 valence electrons. The highest BCUT2D eigenvalue weighted by atomic mass is 16.5. The maximum atomic E-state index is 5.37. The van der Waals surface area contributed by atoms with Crippen molar-refractivity contribution in [2.24, 2.45) is 5.92 Å². The van der Waals surface area contributed by atoms with Gasteiger partial charge >= 0.3 is 0 Å². The lowest BCUT2D eigenvalue weighted by Crippen LogP contribution is -2.43. The molecule has 2 heterocycles. The van der Waals surface area contributed by atoms with Crippen molar-refractivity contribution in [1.82, 2.24) is 15.0 Å². The highest BCUT2D eigenvalue weighted by Gasteiger charge is 2.39. The van der Waals surface area contributed by atoms with Crippen LogP contribution in [0.3, 0.4) is 0 Å². The molecule has 20 heavy (non-hydrogen) atoms. The quantitative estimate of drug-likeness (QED) is 0.829. The summed E-state index contributed by atoms with van der Waals surface area (Å²) in [5.74, 6) is 2.10. The third kappa shape index (κ3) is 3.23. The first kappa shape index (κ1) is 15.5. The van der Waals surface area contributed by atoms with Crippen LogP contribution < -0.4 is 0 Å². The molecule has 0 radical (unpaired) electrons. The lowest BCUT2D eigenvalue weighted by molar-refractivity contribution is 0.139. The Kier molecular flexibility index (Phi) is 4.55. The number of hydrogen-bond donors (Lipinski definition) is 0. The fraction of sp³-hybridized carbons (Fsp3) is 0.812. The van der Waals surface area contributed by atoms with E-state index < -0.39 is 0 Å². The van der Waals surface area contributed by atoms with Crippen molar-refractivity contribution in [3.8, 4) is 0 Å². The predicted molar refractivity (Wildman–Crippen MR) is 81.7 cm³/mol. The molecule has 0 amide bonds. The number of nitrogens with zero attached hydrogens (tertiary/aromatic N) is 3. The van der Waals surface area contributed by atoms with Crippen LogP contribution in [0.4, 0.5) is 0 Å². The molecule has 1 aliphatic heterocycles. The van der Waals surface area contributed by atoms with Crippen LogP contribution in [0.15, 0.2) is 10.6 Å². The Morgan fingerprint density at radius 2 is 2.20 bits per heavy atom. The molecule has 1 aromatic rings. The summed E-state index contributed by atoms with van der Waals surface area (Å²) in [6.45, 7) is 12.1. The maximum Gasteiger partial charge on any atom is 0.139 e. The van der Waals surface area contributed by atoms with Gasteiger partial charge in [-0.05, 0) is 46.8 Å². The largest absolute Gasteiger partial charge is 0.361 e. The van der Waals surface area contributed by atoms with Gasteiger partial charge in [-0.15, -0.1) is 0 Å². The Balaban J connectivity index is 1.90. The van der Waals surface area contributed by atoms with Gasteiger partial charge in [-0.2, -0.15) is 0 Å². The summed E-state index contributed by atoms with van der Waals surface area (Å²) in [5.41, 5.74) is 1.33. The molecule has 0 saturated carbocycles. The zero-order valence-electron chi connectivity index (χ0n) is 13.8. The predicted octanol–water partition coefficient (Wildman–Crippen LogP) is 2.96. The summed E-state index contributed by atoms with van der Waals surface area (Å²) in [7, 11) is 4.41. The number of likely N-dealkylation sites (tertiary alicyclic amines) is 1. The van der Waals surface area contributed by atoms with Gasteiger partial charge in [-0.1, -0.05) is 19.0 Å². The van der Waals surface area contributed by atoms with Crippen molar-refractivity contribution in [3.05, 3.63) is 17.5 Å². The third-order valence-corrected chi connectivity index (χ3v) is 4.91. The fourth-order valence-electron chi connectivity index (χ4n) is 3.01. The van der Waals surface area contributed by atoms with Crippen LogP contribution >= 0.6 is 0 Å². The van der Waals surface area contributed by atoms with E-state index in [0.717, 1.165) is 24.5 Å². The van der Waals surface area contributed by atoms with E-state index in [1.165, 1.54) is 13.0 Å². The molecule has 1 fully saturated rings. The van der Waals surface area contributed by atoms with Crippen molar-refractivity contribution in [2.75, 3.05) is 27.2 Å². The summed E-state index contributed by atoms with van der Waals surface area (Å²) in [6, 6.07) is 2.09. The maximum absolute atomic E-state index is 5.37. The van der Waals surface area contributed by atoms with Gasteiger partial charge in [0.15, 0.2) is 0 Å². The fourth-order valence-corrected chi connectivity index (χ4v) is 3.01. The van der Waals surface area contributed by atoms with Crippen LogP contribution in [0.5, 0.6) is 0 Å². The summed E-state index contributed by atoms with van der Waals surface area (Å²) in [4.78, 5) is 4.84. The number of aromatic nitrogens is 1. The Morgan fingerprint density at radius 1 is 1.50 bits per heavy atom. The second kappa shape index (κ2) is 5.86. The molecule has 2 rings (SSSR count). The van der Waals surface area contributed by atoms with Gasteiger partial charge in [0.25, 0.3) is 0 Å². The highest BCUT2D eigenvalue weighted by molar-refractivity contribution is 5.08. The first-order valence-corrected chi connectivity index (χ1v) is 7.66. The van der Waals surface area contributed by atoms with Crippen LogP contribution in [0.2, 0.25) is 0 Å². The lowest BCUT2D eigenvalue weighted by Gasteiger charge is -2.35. The molecule has 1 aliphatic rings. The number of rotatable bonds is 5. The Labute approximate surface area is 123 Å².